The van der Waals surface area contributed by atoms with Crippen LogP contribution in [0.25, 0.3) is 5.65 Å². The smallest absolute Gasteiger partial charge is 0.155 e. The highest BCUT2D eigenvalue weighted by Gasteiger charge is 2.18. The summed E-state index contributed by atoms with van der Waals surface area (Å²) < 4.78 is 1.93. The molecule has 1 aliphatic rings. The molecule has 0 aliphatic carbocycles. The fourth-order valence-corrected chi connectivity index (χ4v) is 2.34. The van der Waals surface area contributed by atoms with Crippen molar-refractivity contribution in [1.29, 1.82) is 0 Å². The summed E-state index contributed by atoms with van der Waals surface area (Å²) in [6, 6.07) is 4.10. The molecule has 0 amide bonds. The third kappa shape index (κ3) is 1.59. The molecular weight excluding hydrogens is 200 g/mol. The molecule has 0 aromatic carbocycles. The van der Waals surface area contributed by atoms with E-state index in [0.717, 1.165) is 24.4 Å². The number of aromatic nitrogens is 3. The van der Waals surface area contributed by atoms with Crippen LogP contribution in [0.3, 0.4) is 0 Å². The van der Waals surface area contributed by atoms with Crippen molar-refractivity contribution in [1.82, 2.24) is 19.9 Å². The molecule has 1 aliphatic heterocycles. The van der Waals surface area contributed by atoms with Crippen LogP contribution < -0.4 is 5.32 Å². The molecule has 1 atom stereocenters. The van der Waals surface area contributed by atoms with Gasteiger partial charge in [-0.05, 0) is 32.4 Å². The van der Waals surface area contributed by atoms with E-state index in [4.69, 9.17) is 0 Å². The lowest BCUT2D eigenvalue weighted by atomic mass is 9.96. The van der Waals surface area contributed by atoms with Crippen LogP contribution in [0.4, 0.5) is 0 Å². The summed E-state index contributed by atoms with van der Waals surface area (Å²) in [4.78, 5) is 4.34. The van der Waals surface area contributed by atoms with Gasteiger partial charge < -0.3 is 5.32 Å². The molecule has 2 aromatic heterocycles. The van der Waals surface area contributed by atoms with Crippen LogP contribution in [-0.4, -0.2) is 27.7 Å². The highest BCUT2D eigenvalue weighted by molar-refractivity contribution is 5.41. The molecule has 0 spiro atoms. The fraction of sp³-hybridized carbons (Fsp3) is 0.500. The predicted octanol–water partition coefficient (Wildman–Crippen LogP) is 1.50. The van der Waals surface area contributed by atoms with Crippen LogP contribution in [0.5, 0.6) is 0 Å². The topological polar surface area (TPSA) is 42.2 Å². The zero-order chi connectivity index (χ0) is 11.0. The maximum Gasteiger partial charge on any atom is 0.155 e. The minimum absolute atomic E-state index is 0.551. The first-order valence-corrected chi connectivity index (χ1v) is 5.86. The number of piperidine rings is 1. The molecule has 1 N–H and O–H groups in total. The Hall–Kier alpha value is -1.42. The molecule has 1 saturated heterocycles. The van der Waals surface area contributed by atoms with E-state index < -0.39 is 0 Å². The van der Waals surface area contributed by atoms with Gasteiger partial charge in [0.15, 0.2) is 5.65 Å². The Morgan fingerprint density at radius 3 is 3.19 bits per heavy atom. The standard InChI is InChI=1S/C12H16N4/c1-9-4-6-14-12-7-11(15-16(9)12)10-3-2-5-13-8-10/h4,6-7,10,13H,2-3,5,8H2,1H3. The van der Waals surface area contributed by atoms with Gasteiger partial charge in [-0.2, -0.15) is 5.10 Å². The molecule has 84 valence electrons. The zero-order valence-corrected chi connectivity index (χ0v) is 9.48. The van der Waals surface area contributed by atoms with Crippen molar-refractivity contribution in [2.75, 3.05) is 13.1 Å². The van der Waals surface area contributed by atoms with Gasteiger partial charge in [-0.3, -0.25) is 0 Å². The molecule has 2 aromatic rings. The molecule has 0 saturated carbocycles. The highest BCUT2D eigenvalue weighted by atomic mass is 15.3. The summed E-state index contributed by atoms with van der Waals surface area (Å²) >= 11 is 0. The Balaban J connectivity index is 2.01. The van der Waals surface area contributed by atoms with E-state index in [0.29, 0.717) is 5.92 Å². The first kappa shape index (κ1) is 9.78. The third-order valence-electron chi connectivity index (χ3n) is 3.28. The molecule has 1 unspecified atom stereocenters. The highest BCUT2D eigenvalue weighted by Crippen LogP contribution is 2.22. The number of hydrogen-bond donors (Lipinski definition) is 1. The Bertz CT molecular complexity index is 497. The van der Waals surface area contributed by atoms with Gasteiger partial charge in [-0.15, -0.1) is 0 Å². The molecule has 4 nitrogen and oxygen atoms in total. The van der Waals surface area contributed by atoms with Gasteiger partial charge in [0.2, 0.25) is 0 Å². The van der Waals surface area contributed by atoms with Gasteiger partial charge >= 0.3 is 0 Å². The van der Waals surface area contributed by atoms with Crippen molar-refractivity contribution in [3.05, 3.63) is 29.7 Å². The first-order chi connectivity index (χ1) is 7.84. The van der Waals surface area contributed by atoms with Crippen molar-refractivity contribution < 1.29 is 0 Å². The molecule has 0 bridgehead atoms. The van der Waals surface area contributed by atoms with E-state index in [1.807, 2.05) is 16.8 Å². The summed E-state index contributed by atoms with van der Waals surface area (Å²) in [7, 11) is 0. The quantitative estimate of drug-likeness (QED) is 0.785. The molecule has 0 radical (unpaired) electrons. The second-order valence-corrected chi connectivity index (χ2v) is 4.47. The van der Waals surface area contributed by atoms with E-state index in [9.17, 15) is 0 Å². The minimum atomic E-state index is 0.551. The monoisotopic (exact) mass is 216 g/mol. The van der Waals surface area contributed by atoms with E-state index in [1.165, 1.54) is 18.5 Å². The van der Waals surface area contributed by atoms with E-state index in [2.05, 4.69) is 28.4 Å². The summed E-state index contributed by atoms with van der Waals surface area (Å²) in [6.45, 7) is 4.24. The molecule has 3 heterocycles. The van der Waals surface area contributed by atoms with E-state index >= 15 is 0 Å². The van der Waals surface area contributed by atoms with Crippen molar-refractivity contribution in [2.45, 2.75) is 25.7 Å². The lowest BCUT2D eigenvalue weighted by molar-refractivity contribution is 0.453. The first-order valence-electron chi connectivity index (χ1n) is 5.86. The molecule has 3 rings (SSSR count). The minimum Gasteiger partial charge on any atom is -0.316 e. The summed E-state index contributed by atoms with van der Waals surface area (Å²) in [5, 5.41) is 8.07. The third-order valence-corrected chi connectivity index (χ3v) is 3.28. The van der Waals surface area contributed by atoms with Crippen LogP contribution in [0.1, 0.15) is 30.1 Å². The Morgan fingerprint density at radius 2 is 2.44 bits per heavy atom. The van der Waals surface area contributed by atoms with E-state index in [-0.39, 0.29) is 0 Å². The number of fused-ring (bicyclic) bond motifs is 1. The number of nitrogens with zero attached hydrogens (tertiary/aromatic N) is 3. The summed E-state index contributed by atoms with van der Waals surface area (Å²) in [6.07, 6.45) is 4.32. The van der Waals surface area contributed by atoms with Gasteiger partial charge in [-0.25, -0.2) is 9.50 Å². The van der Waals surface area contributed by atoms with Crippen LogP contribution in [0.2, 0.25) is 0 Å². The van der Waals surface area contributed by atoms with Crippen molar-refractivity contribution in [2.24, 2.45) is 0 Å². The SMILES string of the molecule is Cc1ccnc2cc(C3CCCNC3)nn12. The van der Waals surface area contributed by atoms with Gasteiger partial charge in [0.1, 0.15) is 0 Å². The number of nitrogens with one attached hydrogen (secondary N) is 1. The van der Waals surface area contributed by atoms with E-state index in [1.54, 1.807) is 0 Å². The van der Waals surface area contributed by atoms with Crippen molar-refractivity contribution >= 4 is 5.65 Å². The van der Waals surface area contributed by atoms with Crippen LogP contribution in [0, 0.1) is 6.92 Å². The maximum absolute atomic E-state index is 4.65. The number of aryl methyl sites for hydroxylation is 1. The Morgan fingerprint density at radius 1 is 1.50 bits per heavy atom. The number of rotatable bonds is 1. The average molecular weight is 216 g/mol. The van der Waals surface area contributed by atoms with Crippen molar-refractivity contribution in [3.8, 4) is 0 Å². The largest absolute Gasteiger partial charge is 0.316 e. The maximum atomic E-state index is 4.65. The van der Waals surface area contributed by atoms with Crippen LogP contribution >= 0.6 is 0 Å². The second-order valence-electron chi connectivity index (χ2n) is 4.47. The molecule has 1 fully saturated rings. The lowest BCUT2D eigenvalue weighted by Gasteiger charge is -2.20. The Labute approximate surface area is 94.7 Å². The number of hydrogen-bond acceptors (Lipinski definition) is 3. The van der Waals surface area contributed by atoms with Crippen molar-refractivity contribution in [3.63, 3.8) is 0 Å². The Kier molecular flexibility index (Phi) is 2.36. The van der Waals surface area contributed by atoms with Gasteiger partial charge in [0, 0.05) is 30.4 Å². The summed E-state index contributed by atoms with van der Waals surface area (Å²) in [5.74, 6) is 0.551. The fourth-order valence-electron chi connectivity index (χ4n) is 2.34. The second kappa shape index (κ2) is 3.87. The average Bonchev–Trinajstić information content (AvgIpc) is 2.76. The van der Waals surface area contributed by atoms with Crippen LogP contribution in [-0.2, 0) is 0 Å². The normalized spacial score (nSPS) is 21.4. The predicted molar refractivity (Wildman–Crippen MR) is 62.6 cm³/mol. The molecule has 4 heteroatoms. The van der Waals surface area contributed by atoms with Gasteiger partial charge in [0.25, 0.3) is 0 Å². The van der Waals surface area contributed by atoms with Gasteiger partial charge in [-0.1, -0.05) is 0 Å². The molecular formula is C12H16N4. The zero-order valence-electron chi connectivity index (χ0n) is 9.48. The molecule has 16 heavy (non-hydrogen) atoms. The lowest BCUT2D eigenvalue weighted by Crippen LogP contribution is -2.28. The van der Waals surface area contributed by atoms with Gasteiger partial charge in [0.05, 0.1) is 5.69 Å². The van der Waals surface area contributed by atoms with Crippen LogP contribution in [0.15, 0.2) is 18.3 Å². The summed E-state index contributed by atoms with van der Waals surface area (Å²) in [5.41, 5.74) is 3.27.